The molecule has 1 aliphatic carbocycles. The quantitative estimate of drug-likeness (QED) is 0.484. The smallest absolute Gasteiger partial charge is 0.265 e. The van der Waals surface area contributed by atoms with Crippen molar-refractivity contribution in [3.8, 4) is 0 Å². The molecule has 0 atom stereocenters. The van der Waals surface area contributed by atoms with E-state index in [0.717, 1.165) is 54.6 Å². The summed E-state index contributed by atoms with van der Waals surface area (Å²) >= 11 is 0. The van der Waals surface area contributed by atoms with Crippen molar-refractivity contribution in [3.05, 3.63) is 40.4 Å². The first-order valence-electron chi connectivity index (χ1n) is 10.4. The van der Waals surface area contributed by atoms with Gasteiger partial charge in [-0.15, -0.1) is 0 Å². The third kappa shape index (κ3) is 2.92. The van der Waals surface area contributed by atoms with Crippen molar-refractivity contribution in [2.75, 3.05) is 13.7 Å². The maximum absolute atomic E-state index is 13.6. The molecule has 0 unspecified atom stereocenters. The number of aryl methyl sites for hydroxylation is 2. The molecule has 1 aliphatic rings. The summed E-state index contributed by atoms with van der Waals surface area (Å²) in [6.07, 6.45) is 5.22. The van der Waals surface area contributed by atoms with Gasteiger partial charge in [-0.3, -0.25) is 9.36 Å². The molecule has 3 heterocycles. The second-order valence-corrected chi connectivity index (χ2v) is 7.85. The summed E-state index contributed by atoms with van der Waals surface area (Å²) in [5, 5.41) is 0.591. The third-order valence-electron chi connectivity index (χ3n) is 5.99. The largest absolute Gasteiger partial charge is 0.385 e. The highest BCUT2D eigenvalue weighted by atomic mass is 16.5. The Balaban J connectivity index is 1.84. The highest BCUT2D eigenvalue weighted by molar-refractivity contribution is 6.04. The molecular weight excluding hydrogens is 366 g/mol. The van der Waals surface area contributed by atoms with E-state index in [9.17, 15) is 4.79 Å². The molecule has 29 heavy (non-hydrogen) atoms. The molecule has 0 saturated heterocycles. The van der Waals surface area contributed by atoms with Gasteiger partial charge in [-0.1, -0.05) is 25.0 Å². The van der Waals surface area contributed by atoms with Crippen LogP contribution in [0.5, 0.6) is 0 Å². The number of hydrogen-bond acceptors (Lipinski definition) is 5. The van der Waals surface area contributed by atoms with E-state index in [1.807, 2.05) is 40.3 Å². The zero-order valence-corrected chi connectivity index (χ0v) is 16.9. The van der Waals surface area contributed by atoms with E-state index < -0.39 is 0 Å². The number of methoxy groups -OCH3 is 1. The third-order valence-corrected chi connectivity index (χ3v) is 5.99. The molecule has 0 spiro atoms. The van der Waals surface area contributed by atoms with Gasteiger partial charge in [0, 0.05) is 26.3 Å². The van der Waals surface area contributed by atoms with Crippen molar-refractivity contribution in [2.24, 2.45) is 0 Å². The van der Waals surface area contributed by atoms with Crippen molar-refractivity contribution in [1.82, 2.24) is 24.1 Å². The van der Waals surface area contributed by atoms with Crippen LogP contribution in [0, 0.1) is 6.92 Å². The molecule has 3 aromatic heterocycles. The maximum Gasteiger partial charge on any atom is 0.265 e. The Morgan fingerprint density at radius 1 is 1.07 bits per heavy atom. The lowest BCUT2D eigenvalue weighted by molar-refractivity contribution is 0.191. The highest BCUT2D eigenvalue weighted by Gasteiger charge is 2.25. The minimum absolute atomic E-state index is 0.0134. The average molecular weight is 391 g/mol. The zero-order chi connectivity index (χ0) is 20.0. The van der Waals surface area contributed by atoms with Crippen LogP contribution in [0.4, 0.5) is 0 Å². The molecule has 5 rings (SSSR count). The summed E-state index contributed by atoms with van der Waals surface area (Å²) in [5.41, 5.74) is 3.69. The number of aromatic nitrogens is 5. The van der Waals surface area contributed by atoms with Crippen LogP contribution in [-0.2, 0) is 11.3 Å². The van der Waals surface area contributed by atoms with Crippen LogP contribution in [0.2, 0.25) is 0 Å². The first kappa shape index (κ1) is 18.2. The number of rotatable bonds is 5. The van der Waals surface area contributed by atoms with Crippen LogP contribution in [0.1, 0.15) is 44.0 Å². The number of hydrogen-bond donors (Lipinski definition) is 0. The Hall–Kier alpha value is -2.80. The molecule has 1 saturated carbocycles. The van der Waals surface area contributed by atoms with Gasteiger partial charge < -0.3 is 9.30 Å². The fourth-order valence-electron chi connectivity index (χ4n) is 4.65. The second kappa shape index (κ2) is 7.22. The molecule has 7 heteroatoms. The summed E-state index contributed by atoms with van der Waals surface area (Å²) in [6, 6.07) is 8.03. The fourth-order valence-corrected chi connectivity index (χ4v) is 4.65. The minimum Gasteiger partial charge on any atom is -0.385 e. The molecule has 0 amide bonds. The fraction of sp³-hybridized carbons (Fsp3) is 0.455. The van der Waals surface area contributed by atoms with Crippen molar-refractivity contribution in [3.63, 3.8) is 0 Å². The van der Waals surface area contributed by atoms with E-state index >= 15 is 0 Å². The van der Waals surface area contributed by atoms with E-state index in [1.165, 1.54) is 0 Å². The summed E-state index contributed by atoms with van der Waals surface area (Å²) in [7, 11) is 1.70. The van der Waals surface area contributed by atoms with Gasteiger partial charge in [0.1, 0.15) is 16.7 Å². The van der Waals surface area contributed by atoms with Crippen LogP contribution < -0.4 is 5.56 Å². The number of para-hydroxylation sites is 2. The molecule has 1 fully saturated rings. The van der Waals surface area contributed by atoms with Crippen LogP contribution in [0.25, 0.3) is 33.2 Å². The first-order valence-corrected chi connectivity index (χ1v) is 10.4. The van der Waals surface area contributed by atoms with E-state index in [4.69, 9.17) is 19.7 Å². The Kier molecular flexibility index (Phi) is 4.54. The number of ether oxygens (including phenoxy) is 1. The molecule has 0 aliphatic heterocycles. The summed E-state index contributed by atoms with van der Waals surface area (Å²) in [5.74, 6) is 0.773. The van der Waals surface area contributed by atoms with Gasteiger partial charge in [-0.25, -0.2) is 15.0 Å². The molecule has 7 nitrogen and oxygen atoms in total. The SMILES string of the molecule is COCCCn1c2nc3ccccc3nc2c2c(=O)n(C3CCCC3)c(C)nc21. The van der Waals surface area contributed by atoms with Crippen LogP contribution in [0.3, 0.4) is 0 Å². The lowest BCUT2D eigenvalue weighted by atomic mass is 10.2. The van der Waals surface area contributed by atoms with Gasteiger partial charge in [0.15, 0.2) is 11.3 Å². The molecule has 4 aromatic rings. The predicted molar refractivity (Wildman–Crippen MR) is 113 cm³/mol. The Labute approximate surface area is 168 Å². The molecule has 150 valence electrons. The summed E-state index contributed by atoms with van der Waals surface area (Å²) in [4.78, 5) is 28.2. The molecule has 0 radical (unpaired) electrons. The molecular formula is C22H25N5O2. The summed E-state index contributed by atoms with van der Waals surface area (Å²) in [6.45, 7) is 3.26. The van der Waals surface area contributed by atoms with Crippen LogP contribution in [-0.4, -0.2) is 37.8 Å². The number of benzene rings is 1. The monoisotopic (exact) mass is 391 g/mol. The second-order valence-electron chi connectivity index (χ2n) is 7.85. The van der Waals surface area contributed by atoms with Crippen molar-refractivity contribution in [1.29, 1.82) is 0 Å². The molecule has 1 aromatic carbocycles. The molecule has 0 N–H and O–H groups in total. The minimum atomic E-state index is 0.0134. The van der Waals surface area contributed by atoms with E-state index in [0.29, 0.717) is 29.7 Å². The highest BCUT2D eigenvalue weighted by Crippen LogP contribution is 2.31. The van der Waals surface area contributed by atoms with E-state index in [2.05, 4.69) is 0 Å². The van der Waals surface area contributed by atoms with E-state index in [1.54, 1.807) is 7.11 Å². The van der Waals surface area contributed by atoms with Gasteiger partial charge in [-0.2, -0.15) is 0 Å². The Bertz CT molecular complexity index is 1270. The zero-order valence-electron chi connectivity index (χ0n) is 16.9. The number of nitrogens with zero attached hydrogens (tertiary/aromatic N) is 5. The van der Waals surface area contributed by atoms with Gasteiger partial charge in [0.05, 0.1) is 11.0 Å². The van der Waals surface area contributed by atoms with Crippen molar-refractivity contribution >= 4 is 33.2 Å². The molecule has 0 bridgehead atoms. The van der Waals surface area contributed by atoms with Gasteiger partial charge in [0.2, 0.25) is 0 Å². The van der Waals surface area contributed by atoms with Gasteiger partial charge >= 0.3 is 0 Å². The summed E-state index contributed by atoms with van der Waals surface area (Å²) < 4.78 is 9.17. The lowest BCUT2D eigenvalue weighted by Crippen LogP contribution is -2.27. The van der Waals surface area contributed by atoms with Crippen molar-refractivity contribution in [2.45, 2.75) is 51.6 Å². The topological polar surface area (TPSA) is 74.8 Å². The average Bonchev–Trinajstić information content (AvgIpc) is 3.34. The first-order chi connectivity index (χ1) is 14.2. The van der Waals surface area contributed by atoms with Crippen LogP contribution >= 0.6 is 0 Å². The number of fused-ring (bicyclic) bond motifs is 4. The maximum atomic E-state index is 13.6. The lowest BCUT2D eigenvalue weighted by Gasteiger charge is -2.16. The van der Waals surface area contributed by atoms with Crippen molar-refractivity contribution < 1.29 is 4.74 Å². The normalized spacial score (nSPS) is 15.2. The van der Waals surface area contributed by atoms with Gasteiger partial charge in [0.25, 0.3) is 5.56 Å². The van der Waals surface area contributed by atoms with Gasteiger partial charge in [-0.05, 0) is 38.3 Å². The Morgan fingerprint density at radius 3 is 2.52 bits per heavy atom. The van der Waals surface area contributed by atoms with E-state index in [-0.39, 0.29) is 11.6 Å². The standard InChI is InChI=1S/C22H25N5O2/c1-14-23-20-18(22(28)27(14)15-8-3-4-9-15)19-21(26(20)12-7-13-29-2)25-17-11-6-5-10-16(17)24-19/h5-6,10-11,15H,3-4,7-9,12-13H2,1-2H3. The Morgan fingerprint density at radius 2 is 1.79 bits per heavy atom. The van der Waals surface area contributed by atoms with Crippen LogP contribution in [0.15, 0.2) is 29.1 Å². The predicted octanol–water partition coefficient (Wildman–Crippen LogP) is 3.75.